The minimum atomic E-state index is 0.0926. The number of methoxy groups -OCH3 is 1. The molecule has 78 valence electrons. The molecule has 0 aliphatic rings. The van der Waals surface area contributed by atoms with Crippen LogP contribution in [0.1, 0.15) is 27.7 Å². The van der Waals surface area contributed by atoms with Crippen molar-refractivity contribution in [2.45, 2.75) is 39.8 Å². The summed E-state index contributed by atoms with van der Waals surface area (Å²) in [6, 6.07) is 0.0926. The molecule has 13 heavy (non-hydrogen) atoms. The van der Waals surface area contributed by atoms with Crippen LogP contribution in [0.2, 0.25) is 0 Å². The molecule has 0 bridgehead atoms. The van der Waals surface area contributed by atoms with E-state index in [-0.39, 0.29) is 12.1 Å². The van der Waals surface area contributed by atoms with Gasteiger partial charge in [-0.25, -0.2) is 0 Å². The lowest BCUT2D eigenvalue weighted by Crippen LogP contribution is -2.46. The summed E-state index contributed by atoms with van der Waals surface area (Å²) in [4.78, 5) is 0. The molecule has 2 atom stereocenters. The monoisotopic (exact) mass is 186 g/mol. The maximum atomic E-state index is 5.46. The van der Waals surface area contributed by atoms with Crippen molar-refractivity contribution < 1.29 is 4.74 Å². The van der Waals surface area contributed by atoms with Crippen LogP contribution >= 0.6 is 0 Å². The number of rotatable bonds is 5. The lowest BCUT2D eigenvalue weighted by atomic mass is 9.98. The highest BCUT2D eigenvalue weighted by Crippen LogP contribution is 2.12. The summed E-state index contributed by atoms with van der Waals surface area (Å²) in [5.74, 6) is 5.91. The van der Waals surface area contributed by atoms with Crippen molar-refractivity contribution in [1.29, 1.82) is 0 Å². The first-order valence-electron chi connectivity index (χ1n) is 4.66. The highest BCUT2D eigenvalue weighted by Gasteiger charge is 2.20. The standard InChI is InChI=1S/C10H22N2O/c1-7(2)6-9(12-11)10(13-5)8(3)4/h6,8-10,12H,11H2,1-5H3. The Balaban J connectivity index is 4.43. The van der Waals surface area contributed by atoms with Crippen LogP contribution in [-0.4, -0.2) is 19.3 Å². The summed E-state index contributed by atoms with van der Waals surface area (Å²) in [5, 5.41) is 0. The molecular formula is C10H22N2O. The van der Waals surface area contributed by atoms with Crippen LogP contribution in [0.25, 0.3) is 0 Å². The molecule has 0 spiro atoms. The van der Waals surface area contributed by atoms with E-state index in [0.29, 0.717) is 5.92 Å². The first-order chi connectivity index (χ1) is 6.02. The number of nitrogens with two attached hydrogens (primary N) is 1. The van der Waals surface area contributed by atoms with Gasteiger partial charge in [-0.1, -0.05) is 25.5 Å². The van der Waals surface area contributed by atoms with Crippen molar-refractivity contribution in [2.24, 2.45) is 11.8 Å². The molecule has 0 fully saturated rings. The van der Waals surface area contributed by atoms with Gasteiger partial charge in [0.05, 0.1) is 12.1 Å². The Morgan fingerprint density at radius 3 is 2.15 bits per heavy atom. The van der Waals surface area contributed by atoms with Crippen molar-refractivity contribution in [3.8, 4) is 0 Å². The van der Waals surface area contributed by atoms with Gasteiger partial charge in [0, 0.05) is 7.11 Å². The molecule has 0 aromatic rings. The summed E-state index contributed by atoms with van der Waals surface area (Å²) >= 11 is 0. The zero-order valence-electron chi connectivity index (χ0n) is 9.29. The molecule has 0 aromatic carbocycles. The summed E-state index contributed by atoms with van der Waals surface area (Å²) < 4.78 is 5.38. The van der Waals surface area contributed by atoms with Crippen LogP contribution < -0.4 is 11.3 Å². The van der Waals surface area contributed by atoms with Crippen LogP contribution in [0.4, 0.5) is 0 Å². The fourth-order valence-electron chi connectivity index (χ4n) is 1.43. The quantitative estimate of drug-likeness (QED) is 0.388. The van der Waals surface area contributed by atoms with Gasteiger partial charge in [0.1, 0.15) is 0 Å². The average Bonchev–Trinajstić information content (AvgIpc) is 2.02. The van der Waals surface area contributed by atoms with E-state index in [1.54, 1.807) is 7.11 Å². The highest BCUT2D eigenvalue weighted by atomic mass is 16.5. The molecular weight excluding hydrogens is 164 g/mol. The van der Waals surface area contributed by atoms with E-state index in [0.717, 1.165) is 0 Å². The van der Waals surface area contributed by atoms with Crippen LogP contribution in [0.5, 0.6) is 0 Å². The topological polar surface area (TPSA) is 47.3 Å². The van der Waals surface area contributed by atoms with Gasteiger partial charge in [-0.3, -0.25) is 11.3 Å². The number of hydrogen-bond acceptors (Lipinski definition) is 3. The number of hydrazine groups is 1. The molecule has 3 nitrogen and oxygen atoms in total. The predicted molar refractivity (Wildman–Crippen MR) is 56.2 cm³/mol. The third-order valence-electron chi connectivity index (χ3n) is 1.99. The van der Waals surface area contributed by atoms with E-state index in [1.807, 2.05) is 0 Å². The zero-order chi connectivity index (χ0) is 10.4. The van der Waals surface area contributed by atoms with E-state index in [4.69, 9.17) is 10.6 Å². The van der Waals surface area contributed by atoms with Crippen molar-refractivity contribution in [3.05, 3.63) is 11.6 Å². The van der Waals surface area contributed by atoms with Crippen molar-refractivity contribution >= 4 is 0 Å². The lowest BCUT2D eigenvalue weighted by Gasteiger charge is -2.26. The molecule has 0 aliphatic heterocycles. The summed E-state index contributed by atoms with van der Waals surface area (Å²) in [6.45, 7) is 8.35. The molecule has 0 aliphatic carbocycles. The zero-order valence-corrected chi connectivity index (χ0v) is 9.29. The SMILES string of the molecule is COC(C(C)C)C(C=C(C)C)NN. The van der Waals surface area contributed by atoms with Crippen LogP contribution in [0.3, 0.4) is 0 Å². The Labute approximate surface area is 81.3 Å². The molecule has 0 saturated carbocycles. The lowest BCUT2D eigenvalue weighted by molar-refractivity contribution is 0.0458. The third-order valence-corrected chi connectivity index (χ3v) is 1.99. The second kappa shape index (κ2) is 6.13. The number of nitrogens with one attached hydrogen (secondary N) is 1. The molecule has 2 unspecified atom stereocenters. The minimum absolute atomic E-state index is 0.0926. The van der Waals surface area contributed by atoms with Gasteiger partial charge < -0.3 is 4.74 Å². The van der Waals surface area contributed by atoms with E-state index >= 15 is 0 Å². The Morgan fingerprint density at radius 1 is 1.38 bits per heavy atom. The van der Waals surface area contributed by atoms with Crippen LogP contribution in [0, 0.1) is 5.92 Å². The Morgan fingerprint density at radius 2 is 1.92 bits per heavy atom. The van der Waals surface area contributed by atoms with Gasteiger partial charge in [-0.15, -0.1) is 0 Å². The number of ether oxygens (including phenoxy) is 1. The first-order valence-corrected chi connectivity index (χ1v) is 4.66. The summed E-state index contributed by atoms with van der Waals surface area (Å²) in [7, 11) is 1.72. The average molecular weight is 186 g/mol. The molecule has 3 heteroatoms. The van der Waals surface area contributed by atoms with Gasteiger partial charge in [0.2, 0.25) is 0 Å². The van der Waals surface area contributed by atoms with Gasteiger partial charge in [-0.05, 0) is 19.8 Å². The van der Waals surface area contributed by atoms with Crippen LogP contribution in [-0.2, 0) is 4.74 Å². The molecule has 0 radical (unpaired) electrons. The third kappa shape index (κ3) is 4.41. The molecule has 3 N–H and O–H groups in total. The number of allylic oxidation sites excluding steroid dienone is 1. The normalized spacial score (nSPS) is 15.6. The van der Waals surface area contributed by atoms with E-state index in [2.05, 4.69) is 39.2 Å². The largest absolute Gasteiger partial charge is 0.379 e. The number of hydrogen-bond donors (Lipinski definition) is 2. The molecule has 0 heterocycles. The maximum absolute atomic E-state index is 5.46. The molecule has 0 aromatic heterocycles. The molecule has 0 rings (SSSR count). The van der Waals surface area contributed by atoms with Gasteiger partial charge >= 0.3 is 0 Å². The molecule has 0 saturated heterocycles. The Hall–Kier alpha value is -0.380. The van der Waals surface area contributed by atoms with Crippen molar-refractivity contribution in [1.82, 2.24) is 5.43 Å². The van der Waals surface area contributed by atoms with Gasteiger partial charge in [0.25, 0.3) is 0 Å². The van der Waals surface area contributed by atoms with E-state index in [9.17, 15) is 0 Å². The summed E-state index contributed by atoms with van der Waals surface area (Å²) in [6.07, 6.45) is 2.22. The maximum Gasteiger partial charge on any atom is 0.0795 e. The fourth-order valence-corrected chi connectivity index (χ4v) is 1.43. The Bertz CT molecular complexity index is 162. The smallest absolute Gasteiger partial charge is 0.0795 e. The van der Waals surface area contributed by atoms with Crippen LogP contribution in [0.15, 0.2) is 11.6 Å². The van der Waals surface area contributed by atoms with Crippen molar-refractivity contribution in [2.75, 3.05) is 7.11 Å². The van der Waals surface area contributed by atoms with Crippen molar-refractivity contribution in [3.63, 3.8) is 0 Å². The van der Waals surface area contributed by atoms with Gasteiger partial charge in [-0.2, -0.15) is 0 Å². The second-order valence-electron chi connectivity index (χ2n) is 3.88. The summed E-state index contributed by atoms with van der Waals surface area (Å²) in [5.41, 5.74) is 4.01. The highest BCUT2D eigenvalue weighted by molar-refractivity contribution is 5.03. The minimum Gasteiger partial charge on any atom is -0.379 e. The first kappa shape index (κ1) is 12.6. The second-order valence-corrected chi connectivity index (χ2v) is 3.88. The van der Waals surface area contributed by atoms with E-state index < -0.39 is 0 Å². The predicted octanol–water partition coefficient (Wildman–Crippen LogP) is 1.46. The van der Waals surface area contributed by atoms with E-state index in [1.165, 1.54) is 5.57 Å². The Kier molecular flexibility index (Phi) is 5.95. The molecule has 0 amide bonds. The fraction of sp³-hybridized carbons (Fsp3) is 0.800. The van der Waals surface area contributed by atoms with Gasteiger partial charge in [0.15, 0.2) is 0 Å².